The first-order valence-corrected chi connectivity index (χ1v) is 9.99. The summed E-state index contributed by atoms with van der Waals surface area (Å²) in [5.74, 6) is -0.111. The minimum Gasteiger partial charge on any atom is -0.378 e. The van der Waals surface area contributed by atoms with Crippen LogP contribution >= 0.6 is 23.2 Å². The van der Waals surface area contributed by atoms with E-state index in [-0.39, 0.29) is 18.0 Å². The second-order valence-electron chi connectivity index (χ2n) is 7.01. The molecular formula is C23H20Cl2N2O. The quantitative estimate of drug-likeness (QED) is 0.528. The summed E-state index contributed by atoms with van der Waals surface area (Å²) in [6, 6.07) is 23.3. The van der Waals surface area contributed by atoms with Crippen molar-refractivity contribution in [3.63, 3.8) is 0 Å². The van der Waals surface area contributed by atoms with Gasteiger partial charge in [0.1, 0.15) is 0 Å². The Morgan fingerprint density at radius 1 is 1.00 bits per heavy atom. The molecule has 0 bridgehead atoms. The number of nitrogens with one attached hydrogen (secondary N) is 1. The van der Waals surface area contributed by atoms with E-state index in [1.165, 1.54) is 0 Å². The first kappa shape index (κ1) is 18.9. The number of amides is 1. The van der Waals surface area contributed by atoms with Crippen LogP contribution in [-0.2, 0) is 0 Å². The van der Waals surface area contributed by atoms with Crippen molar-refractivity contribution in [1.82, 2.24) is 0 Å². The van der Waals surface area contributed by atoms with Gasteiger partial charge >= 0.3 is 0 Å². The second-order valence-corrected chi connectivity index (χ2v) is 7.85. The summed E-state index contributed by atoms with van der Waals surface area (Å²) in [4.78, 5) is 15.2. The van der Waals surface area contributed by atoms with Gasteiger partial charge in [-0.15, -0.1) is 0 Å². The van der Waals surface area contributed by atoms with Crippen molar-refractivity contribution in [3.05, 3.63) is 94.0 Å². The zero-order valence-corrected chi connectivity index (χ0v) is 16.9. The van der Waals surface area contributed by atoms with Crippen LogP contribution in [0.15, 0.2) is 72.8 Å². The molecule has 1 aliphatic rings. The summed E-state index contributed by atoms with van der Waals surface area (Å²) >= 11 is 12.3. The van der Waals surface area contributed by atoms with Crippen LogP contribution in [0.1, 0.15) is 35.3 Å². The number of benzene rings is 3. The van der Waals surface area contributed by atoms with Gasteiger partial charge in [-0.2, -0.15) is 0 Å². The summed E-state index contributed by atoms with van der Waals surface area (Å²) in [6.45, 7) is 2.07. The molecule has 3 aromatic rings. The number of hydrogen-bond acceptors (Lipinski definition) is 2. The molecule has 28 heavy (non-hydrogen) atoms. The third-order valence-corrected chi connectivity index (χ3v) is 5.63. The average Bonchev–Trinajstić information content (AvgIpc) is 2.68. The number of nitrogens with zero attached hydrogens (tertiary/aromatic N) is 1. The van der Waals surface area contributed by atoms with Crippen LogP contribution in [0.2, 0.25) is 10.0 Å². The van der Waals surface area contributed by atoms with E-state index in [1.807, 2.05) is 41.3 Å². The van der Waals surface area contributed by atoms with Crippen LogP contribution < -0.4 is 10.2 Å². The van der Waals surface area contributed by atoms with Crippen molar-refractivity contribution in [2.75, 3.05) is 10.2 Å². The van der Waals surface area contributed by atoms with E-state index in [9.17, 15) is 4.79 Å². The first-order chi connectivity index (χ1) is 13.5. The molecule has 1 heterocycles. The Balaban J connectivity index is 1.71. The Morgan fingerprint density at radius 2 is 1.71 bits per heavy atom. The molecule has 0 saturated carbocycles. The smallest absolute Gasteiger partial charge is 0.260 e. The van der Waals surface area contributed by atoms with Gasteiger partial charge in [0, 0.05) is 22.4 Å². The van der Waals surface area contributed by atoms with Crippen molar-refractivity contribution in [1.29, 1.82) is 0 Å². The van der Waals surface area contributed by atoms with E-state index in [2.05, 4.69) is 30.4 Å². The van der Waals surface area contributed by atoms with Gasteiger partial charge in [0.25, 0.3) is 5.91 Å². The minimum absolute atomic E-state index is 0.00959. The van der Waals surface area contributed by atoms with Crippen LogP contribution in [0.4, 0.5) is 11.4 Å². The molecule has 0 aliphatic carbocycles. The molecular weight excluding hydrogens is 391 g/mol. The molecule has 0 radical (unpaired) electrons. The number of hydrogen-bond donors (Lipinski definition) is 1. The lowest BCUT2D eigenvalue weighted by Gasteiger charge is -2.40. The maximum atomic E-state index is 13.3. The molecule has 2 unspecified atom stereocenters. The fourth-order valence-corrected chi connectivity index (χ4v) is 4.28. The molecule has 1 aliphatic heterocycles. The van der Waals surface area contributed by atoms with E-state index >= 15 is 0 Å². The van der Waals surface area contributed by atoms with E-state index in [1.54, 1.807) is 18.2 Å². The van der Waals surface area contributed by atoms with Gasteiger partial charge < -0.3 is 10.2 Å². The molecule has 4 rings (SSSR count). The van der Waals surface area contributed by atoms with Crippen LogP contribution in [0, 0.1) is 0 Å². The standard InChI is InChI=1S/C23H20Cl2N2O/c1-15-13-21(26-17-7-3-2-4-8-17)19-9-5-6-10-22(19)27(15)23(28)18-12-11-16(24)14-20(18)25/h2-12,14-15,21,26H,13H2,1H3. The summed E-state index contributed by atoms with van der Waals surface area (Å²) < 4.78 is 0. The van der Waals surface area contributed by atoms with Gasteiger partial charge in [0.15, 0.2) is 0 Å². The molecule has 0 aromatic heterocycles. The zero-order valence-electron chi connectivity index (χ0n) is 15.4. The highest BCUT2D eigenvalue weighted by Crippen LogP contribution is 2.40. The minimum atomic E-state index is -0.111. The van der Waals surface area contributed by atoms with Crippen LogP contribution in [0.3, 0.4) is 0 Å². The van der Waals surface area contributed by atoms with E-state index in [0.29, 0.717) is 15.6 Å². The number of halogens is 2. The van der Waals surface area contributed by atoms with Gasteiger partial charge in [-0.1, -0.05) is 59.6 Å². The van der Waals surface area contributed by atoms with Gasteiger partial charge in [0.05, 0.1) is 16.6 Å². The summed E-state index contributed by atoms with van der Waals surface area (Å²) in [6.07, 6.45) is 0.795. The topological polar surface area (TPSA) is 32.3 Å². The molecule has 3 aromatic carbocycles. The number of carbonyl (C=O) groups is 1. The van der Waals surface area contributed by atoms with Crippen molar-refractivity contribution in [3.8, 4) is 0 Å². The Bertz CT molecular complexity index is 1010. The Morgan fingerprint density at radius 3 is 2.46 bits per heavy atom. The summed E-state index contributed by atoms with van der Waals surface area (Å²) in [5.41, 5.74) is 3.53. The number of fused-ring (bicyclic) bond motifs is 1. The Hall–Kier alpha value is -2.49. The molecule has 142 valence electrons. The largest absolute Gasteiger partial charge is 0.378 e. The monoisotopic (exact) mass is 410 g/mol. The zero-order chi connectivity index (χ0) is 19.7. The molecule has 1 N–H and O–H groups in total. The van der Waals surface area contributed by atoms with Crippen LogP contribution in [0.5, 0.6) is 0 Å². The lowest BCUT2D eigenvalue weighted by Crippen LogP contribution is -2.44. The van der Waals surface area contributed by atoms with Crippen LogP contribution in [0.25, 0.3) is 0 Å². The van der Waals surface area contributed by atoms with Gasteiger partial charge in [-0.25, -0.2) is 0 Å². The fraction of sp³-hybridized carbons (Fsp3) is 0.174. The highest BCUT2D eigenvalue weighted by Gasteiger charge is 2.34. The number of para-hydroxylation sites is 2. The molecule has 0 spiro atoms. The van der Waals surface area contributed by atoms with Gasteiger partial charge in [-0.05, 0) is 55.3 Å². The molecule has 5 heteroatoms. The van der Waals surface area contributed by atoms with Gasteiger partial charge in [0.2, 0.25) is 0 Å². The van der Waals surface area contributed by atoms with E-state index in [0.717, 1.165) is 23.4 Å². The molecule has 0 fully saturated rings. The maximum Gasteiger partial charge on any atom is 0.260 e. The SMILES string of the molecule is CC1CC(Nc2ccccc2)c2ccccc2N1C(=O)c1ccc(Cl)cc1Cl. The lowest BCUT2D eigenvalue weighted by molar-refractivity contribution is 0.0974. The predicted octanol–water partition coefficient (Wildman–Crippen LogP) is 6.59. The summed E-state index contributed by atoms with van der Waals surface area (Å²) in [7, 11) is 0. The Kier molecular flexibility index (Phi) is 5.29. The van der Waals surface area contributed by atoms with Crippen LogP contribution in [-0.4, -0.2) is 11.9 Å². The normalized spacial score (nSPS) is 18.5. The predicted molar refractivity (Wildman–Crippen MR) is 117 cm³/mol. The Labute approximate surface area is 174 Å². The third kappa shape index (κ3) is 3.60. The maximum absolute atomic E-state index is 13.3. The summed E-state index contributed by atoms with van der Waals surface area (Å²) in [5, 5.41) is 4.49. The molecule has 1 amide bonds. The molecule has 2 atom stereocenters. The van der Waals surface area contributed by atoms with E-state index < -0.39 is 0 Å². The first-order valence-electron chi connectivity index (χ1n) is 9.23. The van der Waals surface area contributed by atoms with Crippen molar-refractivity contribution in [2.24, 2.45) is 0 Å². The molecule has 3 nitrogen and oxygen atoms in total. The van der Waals surface area contributed by atoms with Gasteiger partial charge in [-0.3, -0.25) is 4.79 Å². The van der Waals surface area contributed by atoms with E-state index in [4.69, 9.17) is 23.2 Å². The highest BCUT2D eigenvalue weighted by molar-refractivity contribution is 6.37. The van der Waals surface area contributed by atoms with Crippen molar-refractivity contribution in [2.45, 2.75) is 25.4 Å². The number of rotatable bonds is 3. The highest BCUT2D eigenvalue weighted by atomic mass is 35.5. The fourth-order valence-electron chi connectivity index (χ4n) is 3.79. The second kappa shape index (κ2) is 7.86. The molecule has 0 saturated heterocycles. The number of carbonyl (C=O) groups excluding carboxylic acids is 1. The van der Waals surface area contributed by atoms with Crippen molar-refractivity contribution >= 4 is 40.5 Å². The average molecular weight is 411 g/mol. The number of anilines is 2. The lowest BCUT2D eigenvalue weighted by atomic mass is 9.90. The van der Waals surface area contributed by atoms with Crippen molar-refractivity contribution < 1.29 is 4.79 Å². The third-order valence-electron chi connectivity index (χ3n) is 5.08.